The number of rotatable bonds is 10. The van der Waals surface area contributed by atoms with Crippen LogP contribution in [0.1, 0.15) is 55.7 Å². The van der Waals surface area contributed by atoms with Crippen LogP contribution >= 0.6 is 0 Å². The van der Waals surface area contributed by atoms with E-state index in [0.29, 0.717) is 5.69 Å². The maximum Gasteiger partial charge on any atom is 0.352 e. The van der Waals surface area contributed by atoms with Crippen LogP contribution in [0.4, 0.5) is 0 Å². The van der Waals surface area contributed by atoms with Crippen molar-refractivity contribution in [1.82, 2.24) is 4.57 Å². The molecule has 5 nitrogen and oxygen atoms in total. The van der Waals surface area contributed by atoms with Gasteiger partial charge < -0.3 is 18.8 Å². The van der Waals surface area contributed by atoms with Gasteiger partial charge >= 0.3 is 5.97 Å². The summed E-state index contributed by atoms with van der Waals surface area (Å²) in [6.07, 6.45) is 3.28. The minimum atomic E-state index is -1.75. The second kappa shape index (κ2) is 9.12. The fourth-order valence-corrected chi connectivity index (χ4v) is 3.07. The summed E-state index contributed by atoms with van der Waals surface area (Å²) in [4.78, 5) is 13.3. The molecule has 0 bridgehead atoms. The topological polar surface area (TPSA) is 49.7 Å². The quantitative estimate of drug-likeness (QED) is 0.465. The van der Waals surface area contributed by atoms with E-state index in [1.165, 1.54) is 14.2 Å². The molecule has 2 rings (SSSR count). The first-order valence-electron chi connectivity index (χ1n) is 9.07. The largest absolute Gasteiger partial charge is 0.352 e. The molecule has 0 amide bonds. The molecule has 0 radical (unpaired) electrons. The van der Waals surface area contributed by atoms with Crippen LogP contribution in [0.15, 0.2) is 48.7 Å². The van der Waals surface area contributed by atoms with Crippen molar-refractivity contribution < 1.29 is 19.0 Å². The summed E-state index contributed by atoms with van der Waals surface area (Å²) in [5, 5.41) is 0. The zero-order chi connectivity index (χ0) is 19.2. The molecule has 0 saturated carbocycles. The number of hydrogen-bond donors (Lipinski definition) is 0. The average molecular weight is 359 g/mol. The minimum absolute atomic E-state index is 0.00953. The van der Waals surface area contributed by atoms with Gasteiger partial charge in [-0.3, -0.25) is 4.79 Å². The van der Waals surface area contributed by atoms with E-state index in [2.05, 4.69) is 6.92 Å². The Morgan fingerprint density at radius 2 is 1.65 bits per heavy atom. The van der Waals surface area contributed by atoms with Crippen LogP contribution in [0.5, 0.6) is 0 Å². The van der Waals surface area contributed by atoms with Gasteiger partial charge in [0.05, 0.1) is 17.8 Å². The van der Waals surface area contributed by atoms with Gasteiger partial charge in [0.2, 0.25) is 0 Å². The Kier molecular flexibility index (Phi) is 7.14. The van der Waals surface area contributed by atoms with E-state index in [0.717, 1.165) is 18.4 Å². The second-order valence-electron chi connectivity index (χ2n) is 6.24. The summed E-state index contributed by atoms with van der Waals surface area (Å²) >= 11 is 0. The molecule has 0 aliphatic rings. The molecule has 0 unspecified atom stereocenters. The van der Waals surface area contributed by atoms with Crippen molar-refractivity contribution >= 4 is 5.78 Å². The third-order valence-electron chi connectivity index (χ3n) is 4.76. The number of hydrogen-bond acceptors (Lipinski definition) is 4. The number of methoxy groups -OCH3 is 2. The van der Waals surface area contributed by atoms with Crippen molar-refractivity contribution in [3.63, 3.8) is 0 Å². The van der Waals surface area contributed by atoms with E-state index in [4.69, 9.17) is 14.2 Å². The number of carbonyl (C=O) groups excluding carboxylic acids is 1. The molecule has 0 saturated heterocycles. The Balaban J connectivity index is 2.37. The molecule has 0 aliphatic heterocycles. The van der Waals surface area contributed by atoms with Crippen LogP contribution in [0, 0.1) is 0 Å². The van der Waals surface area contributed by atoms with Gasteiger partial charge in [-0.05, 0) is 37.5 Å². The lowest BCUT2D eigenvalue weighted by Gasteiger charge is -2.32. The van der Waals surface area contributed by atoms with E-state index < -0.39 is 5.97 Å². The molecule has 0 aliphatic carbocycles. The molecular formula is C21H29NO4. The fraction of sp³-hybridized carbons (Fsp3) is 0.476. The van der Waals surface area contributed by atoms with Gasteiger partial charge in [0.1, 0.15) is 0 Å². The third kappa shape index (κ3) is 4.06. The van der Waals surface area contributed by atoms with Crippen molar-refractivity contribution in [1.29, 1.82) is 0 Å². The zero-order valence-corrected chi connectivity index (χ0v) is 16.3. The number of ketones is 1. The second-order valence-corrected chi connectivity index (χ2v) is 6.24. The smallest absolute Gasteiger partial charge is 0.338 e. The van der Waals surface area contributed by atoms with Crippen molar-refractivity contribution in [2.75, 3.05) is 14.2 Å². The maximum atomic E-state index is 13.3. The highest BCUT2D eigenvalue weighted by Crippen LogP contribution is 2.27. The lowest BCUT2D eigenvalue weighted by atomic mass is 10.1. The molecule has 2 aromatic rings. The first-order chi connectivity index (χ1) is 12.5. The summed E-state index contributed by atoms with van der Waals surface area (Å²) in [7, 11) is 2.86. The summed E-state index contributed by atoms with van der Waals surface area (Å²) in [6, 6.07) is 13.6. The standard InChI is InChI=1S/C21H29NO4/c1-6-18(7-2)26-21(24-4,25-5)20(23)19-14-11-15-22(19)16(3)17-12-9-8-10-13-17/h8-16,18H,6-7H2,1-5H3/t16-/m1/s1. The van der Waals surface area contributed by atoms with Crippen molar-refractivity contribution in [2.45, 2.75) is 51.7 Å². The Hall–Kier alpha value is -1.95. The van der Waals surface area contributed by atoms with Crippen LogP contribution in [-0.2, 0) is 14.2 Å². The van der Waals surface area contributed by atoms with Crippen molar-refractivity contribution in [2.24, 2.45) is 0 Å². The molecule has 1 atom stereocenters. The lowest BCUT2D eigenvalue weighted by molar-refractivity contribution is -0.339. The first kappa shape index (κ1) is 20.4. The molecular weight excluding hydrogens is 330 g/mol. The predicted octanol–water partition coefficient (Wildman–Crippen LogP) is 4.43. The Morgan fingerprint density at radius 3 is 2.19 bits per heavy atom. The van der Waals surface area contributed by atoms with Gasteiger partial charge in [-0.1, -0.05) is 44.2 Å². The summed E-state index contributed by atoms with van der Waals surface area (Å²) in [6.45, 7) is 6.07. The van der Waals surface area contributed by atoms with Gasteiger partial charge in [-0.15, -0.1) is 0 Å². The molecule has 142 valence electrons. The van der Waals surface area contributed by atoms with Crippen LogP contribution in [0.25, 0.3) is 0 Å². The third-order valence-corrected chi connectivity index (χ3v) is 4.76. The number of aromatic nitrogens is 1. The normalized spacial score (nSPS) is 13.2. The lowest BCUT2D eigenvalue weighted by Crippen LogP contribution is -2.48. The van der Waals surface area contributed by atoms with Crippen LogP contribution in [0.2, 0.25) is 0 Å². The van der Waals surface area contributed by atoms with Crippen molar-refractivity contribution in [3.05, 3.63) is 59.9 Å². The Labute approximate surface area is 155 Å². The zero-order valence-electron chi connectivity index (χ0n) is 16.3. The van der Waals surface area contributed by atoms with Gasteiger partial charge in [0.25, 0.3) is 5.78 Å². The summed E-state index contributed by atoms with van der Waals surface area (Å²) in [5.41, 5.74) is 1.59. The summed E-state index contributed by atoms with van der Waals surface area (Å²) < 4.78 is 18.8. The van der Waals surface area contributed by atoms with Gasteiger partial charge in [-0.25, -0.2) is 0 Å². The number of ether oxygens (including phenoxy) is 3. The highest BCUT2D eigenvalue weighted by atomic mass is 16.9. The van der Waals surface area contributed by atoms with Crippen molar-refractivity contribution in [3.8, 4) is 0 Å². The SMILES string of the molecule is CCC(CC)OC(OC)(OC)C(=O)c1cccn1[C@H](C)c1ccccc1. The van der Waals surface area contributed by atoms with Gasteiger partial charge in [0, 0.05) is 20.4 Å². The fourth-order valence-electron chi connectivity index (χ4n) is 3.07. The number of benzene rings is 1. The molecule has 0 N–H and O–H groups in total. The average Bonchev–Trinajstić information content (AvgIpc) is 3.19. The molecule has 1 heterocycles. The molecule has 0 fully saturated rings. The van der Waals surface area contributed by atoms with Crippen LogP contribution < -0.4 is 0 Å². The highest BCUT2D eigenvalue weighted by Gasteiger charge is 2.44. The summed E-state index contributed by atoms with van der Waals surface area (Å²) in [5.74, 6) is -2.09. The molecule has 26 heavy (non-hydrogen) atoms. The highest BCUT2D eigenvalue weighted by molar-refractivity contribution is 5.99. The van der Waals surface area contributed by atoms with E-state index in [1.807, 2.05) is 61.0 Å². The van der Waals surface area contributed by atoms with Crippen LogP contribution in [-0.4, -0.2) is 36.6 Å². The monoisotopic (exact) mass is 359 g/mol. The minimum Gasteiger partial charge on any atom is -0.338 e. The Bertz CT molecular complexity index is 687. The molecule has 5 heteroatoms. The van der Waals surface area contributed by atoms with E-state index >= 15 is 0 Å². The Morgan fingerprint density at radius 1 is 1.04 bits per heavy atom. The van der Waals surface area contributed by atoms with Gasteiger partial charge in [-0.2, -0.15) is 0 Å². The van der Waals surface area contributed by atoms with E-state index in [-0.39, 0.29) is 17.9 Å². The van der Waals surface area contributed by atoms with E-state index in [9.17, 15) is 4.79 Å². The van der Waals surface area contributed by atoms with Crippen LogP contribution in [0.3, 0.4) is 0 Å². The van der Waals surface area contributed by atoms with E-state index in [1.54, 1.807) is 6.07 Å². The predicted molar refractivity (Wildman–Crippen MR) is 101 cm³/mol. The molecule has 1 aromatic heterocycles. The molecule has 1 aromatic carbocycles. The first-order valence-corrected chi connectivity index (χ1v) is 9.07. The van der Waals surface area contributed by atoms with Gasteiger partial charge in [0.15, 0.2) is 0 Å². The maximum absolute atomic E-state index is 13.3. The molecule has 0 spiro atoms. The number of Topliss-reactive ketones (excluding diaryl/α,β-unsaturated/α-hetero) is 1. The number of carbonyl (C=O) groups is 1. The number of nitrogens with zero attached hydrogens (tertiary/aromatic N) is 1.